The maximum absolute atomic E-state index is 13.8. The molecule has 3 aromatic rings. The van der Waals surface area contributed by atoms with Crippen molar-refractivity contribution in [3.8, 4) is 11.1 Å². The molecule has 0 aliphatic carbocycles. The van der Waals surface area contributed by atoms with Crippen LogP contribution in [0.4, 0.5) is 26.2 Å². The van der Waals surface area contributed by atoms with E-state index in [0.29, 0.717) is 42.1 Å². The number of carbonyl (C=O) groups excluding carboxylic acids is 1. The number of hydrogen-bond donors (Lipinski definition) is 2. The fourth-order valence-electron chi connectivity index (χ4n) is 4.15. The number of benzene rings is 1. The molecule has 0 radical (unpaired) electrons. The van der Waals surface area contributed by atoms with Gasteiger partial charge >= 0.3 is 0 Å². The lowest BCUT2D eigenvalue weighted by Gasteiger charge is -2.31. The molecule has 0 bridgehead atoms. The lowest BCUT2D eigenvalue weighted by molar-refractivity contribution is 0.0852. The molecule has 0 unspecified atom stereocenters. The second kappa shape index (κ2) is 14.5. The van der Waals surface area contributed by atoms with Gasteiger partial charge in [0.05, 0.1) is 0 Å². The first-order valence-corrected chi connectivity index (χ1v) is 13.1. The van der Waals surface area contributed by atoms with Crippen molar-refractivity contribution >= 4 is 29.5 Å². The molecule has 2 N–H and O–H groups in total. The second-order valence-electron chi connectivity index (χ2n) is 9.59. The summed E-state index contributed by atoms with van der Waals surface area (Å²) in [5.41, 5.74) is 1.93. The fourth-order valence-corrected chi connectivity index (χ4v) is 4.15. The van der Waals surface area contributed by atoms with Crippen molar-refractivity contribution in [3.63, 3.8) is 0 Å². The third kappa shape index (κ3) is 7.86. The van der Waals surface area contributed by atoms with E-state index in [1.165, 1.54) is 0 Å². The van der Waals surface area contributed by atoms with E-state index in [1.807, 2.05) is 32.7 Å². The molecule has 0 amide bonds. The van der Waals surface area contributed by atoms with Crippen LogP contribution < -0.4 is 10.2 Å². The highest BCUT2D eigenvalue weighted by Crippen LogP contribution is 2.33. The van der Waals surface area contributed by atoms with Crippen molar-refractivity contribution in [2.75, 3.05) is 44.2 Å². The van der Waals surface area contributed by atoms with E-state index in [2.05, 4.69) is 25.0 Å². The predicted molar refractivity (Wildman–Crippen MR) is 152 cm³/mol. The third-order valence-electron chi connectivity index (χ3n) is 6.42. The van der Waals surface area contributed by atoms with E-state index < -0.39 is 11.6 Å². The van der Waals surface area contributed by atoms with Crippen molar-refractivity contribution in [3.05, 3.63) is 59.6 Å². The van der Waals surface area contributed by atoms with Crippen LogP contribution in [-0.2, 0) is 9.47 Å². The van der Waals surface area contributed by atoms with Crippen molar-refractivity contribution in [2.45, 2.75) is 39.7 Å². The van der Waals surface area contributed by atoms with Crippen LogP contribution in [0.5, 0.6) is 0 Å². The van der Waals surface area contributed by atoms with Crippen LogP contribution in [0, 0.1) is 23.0 Å². The van der Waals surface area contributed by atoms with Crippen LogP contribution in [0.2, 0.25) is 0 Å². The predicted octanol–water partition coefficient (Wildman–Crippen LogP) is 5.66. The van der Waals surface area contributed by atoms with Crippen LogP contribution in [0.15, 0.2) is 36.7 Å². The van der Waals surface area contributed by atoms with Gasteiger partial charge < -0.3 is 25.1 Å². The average molecular weight is 555 g/mol. The average Bonchev–Trinajstić information content (AvgIpc) is 2.96. The largest absolute Gasteiger partial charge is 0.385 e. The summed E-state index contributed by atoms with van der Waals surface area (Å²) in [5.74, 6) is -1.02. The van der Waals surface area contributed by atoms with Crippen molar-refractivity contribution in [2.24, 2.45) is 5.92 Å². The molecule has 0 saturated carbocycles. The monoisotopic (exact) mass is 554 g/mol. The summed E-state index contributed by atoms with van der Waals surface area (Å²) in [6, 6.07) is 4.84. The van der Waals surface area contributed by atoms with Gasteiger partial charge in [-0.2, -0.15) is 0 Å². The standard InChI is InChI=1S/C26H28F2N6O2.C3H8O/c1-15(2)24(29)23-22(16-12-30-26(31-13-16)34(3)21-4-6-36-7-5-21)11-20(14-35)33-25(23)32-19-9-17(27)8-18(28)10-19;1-3-4-2/h8-15,21,29H,4-7H2,1-3H3,(H,32,33);3H2,1-2H3. The van der Waals surface area contributed by atoms with Crippen molar-refractivity contribution < 1.29 is 23.0 Å². The molecule has 1 fully saturated rings. The smallest absolute Gasteiger partial charge is 0.225 e. The molecular formula is C29H36F2N6O3. The van der Waals surface area contributed by atoms with Crippen molar-refractivity contribution in [1.29, 1.82) is 5.41 Å². The third-order valence-corrected chi connectivity index (χ3v) is 6.42. The maximum atomic E-state index is 13.8. The Balaban J connectivity index is 0.00000103. The molecule has 214 valence electrons. The minimum absolute atomic E-state index is 0.0908. The molecule has 4 rings (SSSR count). The number of rotatable bonds is 9. The minimum Gasteiger partial charge on any atom is -0.385 e. The Hall–Kier alpha value is -3.83. The quantitative estimate of drug-likeness (QED) is 0.257. The first-order chi connectivity index (χ1) is 19.2. The molecule has 11 heteroatoms. The summed E-state index contributed by atoms with van der Waals surface area (Å²) >= 11 is 0. The summed E-state index contributed by atoms with van der Waals surface area (Å²) < 4.78 is 37.6. The Morgan fingerprint density at radius 1 is 1.18 bits per heavy atom. The molecule has 9 nitrogen and oxygen atoms in total. The highest BCUT2D eigenvalue weighted by Gasteiger charge is 2.23. The Kier molecular flexibility index (Phi) is 11.2. The van der Waals surface area contributed by atoms with Crippen LogP contribution in [0.1, 0.15) is 49.7 Å². The lowest BCUT2D eigenvalue weighted by atomic mass is 9.92. The van der Waals surface area contributed by atoms with E-state index in [1.54, 1.807) is 25.6 Å². The van der Waals surface area contributed by atoms with Crippen LogP contribution in [0.3, 0.4) is 0 Å². The number of nitrogens with one attached hydrogen (secondary N) is 2. The molecule has 3 heterocycles. The number of halogens is 2. The Morgan fingerprint density at radius 2 is 1.77 bits per heavy atom. The zero-order valence-corrected chi connectivity index (χ0v) is 23.5. The molecule has 2 aromatic heterocycles. The lowest BCUT2D eigenvalue weighted by Crippen LogP contribution is -2.37. The summed E-state index contributed by atoms with van der Waals surface area (Å²) in [5, 5.41) is 11.7. The summed E-state index contributed by atoms with van der Waals surface area (Å²) in [4.78, 5) is 27.2. The molecule has 40 heavy (non-hydrogen) atoms. The number of ether oxygens (including phenoxy) is 2. The van der Waals surface area contributed by atoms with Gasteiger partial charge in [0.2, 0.25) is 5.95 Å². The zero-order valence-electron chi connectivity index (χ0n) is 23.5. The van der Waals surface area contributed by atoms with Crippen LogP contribution in [-0.4, -0.2) is 67.0 Å². The van der Waals surface area contributed by atoms with E-state index in [4.69, 9.17) is 10.1 Å². The number of aromatic nitrogens is 3. The van der Waals surface area contributed by atoms with Gasteiger partial charge in [0, 0.05) is 81.0 Å². The Labute approximate surface area is 233 Å². The number of pyridine rings is 1. The van der Waals surface area contributed by atoms with Gasteiger partial charge in [-0.15, -0.1) is 0 Å². The summed E-state index contributed by atoms with van der Waals surface area (Å²) in [6.07, 6.45) is 5.65. The summed E-state index contributed by atoms with van der Waals surface area (Å²) in [7, 11) is 3.63. The number of carbonyl (C=O) groups is 1. The molecule has 1 aliphatic heterocycles. The molecule has 1 aliphatic rings. The molecule has 0 spiro atoms. The first kappa shape index (κ1) is 30.7. The van der Waals surface area contributed by atoms with Crippen molar-refractivity contribution in [1.82, 2.24) is 15.0 Å². The van der Waals surface area contributed by atoms with Gasteiger partial charge in [-0.3, -0.25) is 4.79 Å². The highest BCUT2D eigenvalue weighted by atomic mass is 19.1. The first-order valence-electron chi connectivity index (χ1n) is 13.1. The number of methoxy groups -OCH3 is 1. The number of nitrogens with zero attached hydrogens (tertiary/aromatic N) is 4. The number of aldehydes is 1. The van der Waals surface area contributed by atoms with Crippen LogP contribution >= 0.6 is 0 Å². The zero-order chi connectivity index (χ0) is 29.2. The van der Waals surface area contributed by atoms with Gasteiger partial charge in [-0.25, -0.2) is 23.7 Å². The van der Waals surface area contributed by atoms with Gasteiger partial charge in [0.1, 0.15) is 23.1 Å². The van der Waals surface area contributed by atoms with Gasteiger partial charge in [0.15, 0.2) is 6.29 Å². The molecule has 0 atom stereocenters. The Bertz CT molecular complexity index is 1280. The SMILES string of the molecule is CC(C)C(=N)c1c(-c2cnc(N(C)C3CCOCC3)nc2)cc(C=O)nc1Nc1cc(F)cc(F)c1.CCOC. The Morgan fingerprint density at radius 3 is 2.30 bits per heavy atom. The topological polar surface area (TPSA) is 113 Å². The van der Waals surface area contributed by atoms with Gasteiger partial charge in [-0.1, -0.05) is 13.8 Å². The highest BCUT2D eigenvalue weighted by molar-refractivity contribution is 6.09. The van der Waals surface area contributed by atoms with Gasteiger partial charge in [0.25, 0.3) is 0 Å². The second-order valence-corrected chi connectivity index (χ2v) is 9.59. The fraction of sp³-hybridized carbons (Fsp3) is 0.414. The number of hydrogen-bond acceptors (Lipinski definition) is 9. The van der Waals surface area contributed by atoms with E-state index in [9.17, 15) is 13.6 Å². The van der Waals surface area contributed by atoms with E-state index in [-0.39, 0.29) is 34.9 Å². The van der Waals surface area contributed by atoms with Crippen LogP contribution in [0.25, 0.3) is 11.1 Å². The molecule has 1 aromatic carbocycles. The maximum Gasteiger partial charge on any atom is 0.225 e. The molecule has 1 saturated heterocycles. The summed E-state index contributed by atoms with van der Waals surface area (Å²) in [6.45, 7) is 7.89. The normalized spacial score (nSPS) is 13.4. The minimum atomic E-state index is -0.762. The molecular weight excluding hydrogens is 518 g/mol. The van der Waals surface area contributed by atoms with E-state index in [0.717, 1.165) is 37.6 Å². The number of anilines is 3. The van der Waals surface area contributed by atoms with E-state index >= 15 is 0 Å². The van der Waals surface area contributed by atoms with Gasteiger partial charge in [-0.05, 0) is 49.4 Å².